The zero-order valence-electron chi connectivity index (χ0n) is 42.0. The van der Waals surface area contributed by atoms with Gasteiger partial charge in [-0.2, -0.15) is 5.26 Å². The standard InChI is InChI=1S/C31H33N5O4S.C23H28N4O4S/c1-21-30(40-20-23-9-7-8-22(14-23)15-32)27(19-37)25(17-33-21)18-35-29-13-12-24(16-34-29)26-10-5-6-11-28(26)41(38,39)36-31(2,3)4;1-15-22(29)19(14-28)17(12-24-15)13-26-21-10-9-16(11-25-21)18-7-5-6-8-20(18)32(30,31)27-23(2,3)4/h5-14,16-17,36-37H,18-20H2,1-4H3,(H,34,35);5-12,27-29H,13-14H2,1-4H3,(H,25,26). The molecule has 4 aromatic heterocycles. The normalized spacial score (nSPS) is 11.8. The summed E-state index contributed by atoms with van der Waals surface area (Å²) in [4.78, 5) is 17.8. The van der Waals surface area contributed by atoms with Gasteiger partial charge >= 0.3 is 0 Å². The van der Waals surface area contributed by atoms with E-state index in [9.17, 15) is 32.2 Å². The van der Waals surface area contributed by atoms with E-state index >= 15 is 0 Å². The molecule has 0 aliphatic rings. The molecule has 0 fully saturated rings. The van der Waals surface area contributed by atoms with Gasteiger partial charge < -0.3 is 30.7 Å². The quantitative estimate of drug-likeness (QED) is 0.0451. The molecule has 7 rings (SSSR count). The lowest BCUT2D eigenvalue weighted by Crippen LogP contribution is -2.40. The van der Waals surface area contributed by atoms with Crippen LogP contribution >= 0.6 is 0 Å². The van der Waals surface area contributed by atoms with Crippen molar-refractivity contribution in [2.75, 3.05) is 10.6 Å². The molecule has 17 nitrogen and oxygen atoms in total. The first-order chi connectivity index (χ1) is 34.5. The summed E-state index contributed by atoms with van der Waals surface area (Å²) in [5.74, 6) is 1.61. The maximum absolute atomic E-state index is 13.0. The van der Waals surface area contributed by atoms with Gasteiger partial charge in [0.2, 0.25) is 20.0 Å². The third-order valence-corrected chi connectivity index (χ3v) is 14.5. The minimum Gasteiger partial charge on any atom is -0.506 e. The highest BCUT2D eigenvalue weighted by atomic mass is 32.2. The van der Waals surface area contributed by atoms with E-state index in [1.165, 1.54) is 0 Å². The highest BCUT2D eigenvalue weighted by Crippen LogP contribution is 2.32. The van der Waals surface area contributed by atoms with Crippen LogP contribution in [0.3, 0.4) is 0 Å². The number of aryl methyl sites for hydroxylation is 2. The predicted molar refractivity (Wildman–Crippen MR) is 281 cm³/mol. The molecule has 3 aromatic carbocycles. The Hall–Kier alpha value is -7.31. The van der Waals surface area contributed by atoms with Crippen LogP contribution < -0.4 is 24.8 Å². The lowest BCUT2D eigenvalue weighted by molar-refractivity contribution is 0.255. The SMILES string of the molecule is Cc1ncc(CNc2ccc(-c3ccccc3S(=O)(=O)NC(C)(C)C)cn2)c(CO)c1O.Cc1ncc(CNc2ccc(-c3ccccc3S(=O)(=O)NC(C)(C)C)cn2)c(CO)c1OCc1cccc(C#N)c1. The van der Waals surface area contributed by atoms with Crippen LogP contribution in [-0.2, 0) is 53.0 Å². The number of ether oxygens (including phenoxy) is 1. The predicted octanol–water partition coefficient (Wildman–Crippen LogP) is 8.42. The van der Waals surface area contributed by atoms with E-state index in [1.54, 1.807) is 158 Å². The van der Waals surface area contributed by atoms with Crippen molar-refractivity contribution >= 4 is 31.7 Å². The fraction of sp³-hybridized carbons (Fsp3) is 0.278. The van der Waals surface area contributed by atoms with Crippen molar-refractivity contribution in [2.24, 2.45) is 0 Å². The number of pyridine rings is 4. The maximum atomic E-state index is 13.0. The molecule has 4 heterocycles. The van der Waals surface area contributed by atoms with Crippen molar-refractivity contribution in [3.8, 4) is 39.8 Å². The minimum atomic E-state index is -3.74. The van der Waals surface area contributed by atoms with E-state index in [1.807, 2.05) is 19.1 Å². The number of hydrogen-bond acceptors (Lipinski definition) is 15. The van der Waals surface area contributed by atoms with Gasteiger partial charge in [-0.05, 0) is 121 Å². The molecule has 7 aromatic rings. The van der Waals surface area contributed by atoms with Crippen molar-refractivity contribution in [1.82, 2.24) is 29.4 Å². The van der Waals surface area contributed by atoms with Gasteiger partial charge in [-0.15, -0.1) is 0 Å². The number of aliphatic hydroxyl groups is 2. The third-order valence-electron chi connectivity index (χ3n) is 10.9. The van der Waals surface area contributed by atoms with Crippen LogP contribution in [0.5, 0.6) is 11.5 Å². The Morgan fingerprint density at radius 3 is 1.53 bits per heavy atom. The first-order valence-electron chi connectivity index (χ1n) is 23.2. The summed E-state index contributed by atoms with van der Waals surface area (Å²) in [5.41, 5.74) is 6.13. The van der Waals surface area contributed by atoms with Crippen molar-refractivity contribution in [1.29, 1.82) is 5.26 Å². The van der Waals surface area contributed by atoms with Crippen molar-refractivity contribution in [3.63, 3.8) is 0 Å². The second kappa shape index (κ2) is 23.5. The summed E-state index contributed by atoms with van der Waals surface area (Å²) in [5, 5.41) is 45.3. The largest absolute Gasteiger partial charge is 0.506 e. The number of anilines is 2. The van der Waals surface area contributed by atoms with Crippen LogP contribution in [0, 0.1) is 25.2 Å². The van der Waals surface area contributed by atoms with Gasteiger partial charge in [-0.1, -0.05) is 48.5 Å². The first kappa shape index (κ1) is 55.0. The lowest BCUT2D eigenvalue weighted by atomic mass is 10.1. The Morgan fingerprint density at radius 1 is 0.603 bits per heavy atom. The number of nitriles is 1. The number of aliphatic hydroxyl groups excluding tert-OH is 2. The molecule has 73 heavy (non-hydrogen) atoms. The number of nitrogens with one attached hydrogen (secondary N) is 4. The number of aromatic nitrogens is 4. The van der Waals surface area contributed by atoms with Gasteiger partial charge in [0, 0.05) is 82.3 Å². The molecule has 0 radical (unpaired) electrons. The summed E-state index contributed by atoms with van der Waals surface area (Å²) < 4.78 is 63.3. The van der Waals surface area contributed by atoms with Gasteiger partial charge in [0.15, 0.2) is 0 Å². The van der Waals surface area contributed by atoms with Crippen LogP contribution in [-0.4, -0.2) is 63.2 Å². The van der Waals surface area contributed by atoms with Crippen LogP contribution in [0.25, 0.3) is 22.3 Å². The van der Waals surface area contributed by atoms with Crippen molar-refractivity contribution in [2.45, 2.75) is 109 Å². The number of benzene rings is 3. The Labute approximate surface area is 427 Å². The maximum Gasteiger partial charge on any atom is 0.241 e. The number of aromatic hydroxyl groups is 1. The first-order valence-corrected chi connectivity index (χ1v) is 26.1. The molecule has 0 atom stereocenters. The molecule has 0 aliphatic heterocycles. The van der Waals surface area contributed by atoms with Gasteiger partial charge in [0.1, 0.15) is 29.7 Å². The Morgan fingerprint density at radius 2 is 1.08 bits per heavy atom. The highest BCUT2D eigenvalue weighted by Gasteiger charge is 2.26. The molecule has 7 N–H and O–H groups in total. The van der Waals surface area contributed by atoms with Gasteiger partial charge in [-0.3, -0.25) is 9.97 Å². The molecule has 19 heteroatoms. The fourth-order valence-electron chi connectivity index (χ4n) is 7.57. The van der Waals surface area contributed by atoms with Crippen molar-refractivity contribution in [3.05, 3.63) is 167 Å². The average Bonchev–Trinajstić information content (AvgIpc) is 3.35. The average molecular weight is 1030 g/mol. The summed E-state index contributed by atoms with van der Waals surface area (Å²) in [6.45, 7) is 14.6. The molecule has 0 amide bonds. The smallest absolute Gasteiger partial charge is 0.241 e. The summed E-state index contributed by atoms with van der Waals surface area (Å²) in [6, 6.07) is 30.0. The zero-order valence-corrected chi connectivity index (χ0v) is 43.7. The third kappa shape index (κ3) is 14.7. The molecule has 0 saturated heterocycles. The monoisotopic (exact) mass is 1030 g/mol. The van der Waals surface area contributed by atoms with E-state index in [2.05, 4.69) is 46.1 Å². The van der Waals surface area contributed by atoms with Crippen LogP contribution in [0.2, 0.25) is 0 Å². The van der Waals surface area contributed by atoms with Gasteiger partial charge in [-0.25, -0.2) is 36.2 Å². The number of nitrogens with zero attached hydrogens (tertiary/aromatic N) is 5. The number of rotatable bonds is 17. The van der Waals surface area contributed by atoms with Gasteiger partial charge in [0.05, 0.1) is 46.0 Å². The second-order valence-corrected chi connectivity index (χ2v) is 22.4. The zero-order chi connectivity index (χ0) is 53.1. The topological polar surface area (TPSA) is 262 Å². The second-order valence-electron chi connectivity index (χ2n) is 19.1. The lowest BCUT2D eigenvalue weighted by Gasteiger charge is -2.21. The van der Waals surface area contributed by atoms with E-state index in [4.69, 9.17) is 10.00 Å². The molecular formula is C54H61N9O8S2. The fourth-order valence-corrected chi connectivity index (χ4v) is 10.9. The number of sulfonamides is 2. The summed E-state index contributed by atoms with van der Waals surface area (Å²) >= 11 is 0. The van der Waals surface area contributed by atoms with Crippen molar-refractivity contribution < 1.29 is 36.9 Å². The molecule has 0 unspecified atom stereocenters. The summed E-state index contributed by atoms with van der Waals surface area (Å²) in [7, 11) is -7.46. The minimum absolute atomic E-state index is 0.0169. The van der Waals surface area contributed by atoms with E-state index in [0.29, 0.717) is 86.4 Å². The van der Waals surface area contributed by atoms with Gasteiger partial charge in [0.25, 0.3) is 0 Å². The van der Waals surface area contributed by atoms with Crippen LogP contribution in [0.4, 0.5) is 11.6 Å². The molecule has 382 valence electrons. The number of hydrogen-bond donors (Lipinski definition) is 7. The van der Waals surface area contributed by atoms with E-state index in [-0.39, 0.29) is 35.4 Å². The molecule has 0 bridgehead atoms. The molecular weight excluding hydrogens is 967 g/mol. The molecule has 0 aliphatic carbocycles. The Balaban J connectivity index is 0.000000246. The summed E-state index contributed by atoms with van der Waals surface area (Å²) in [6.07, 6.45) is 6.52. The Bertz CT molecular complexity index is 3320. The van der Waals surface area contributed by atoms with Crippen LogP contribution in [0.1, 0.15) is 86.3 Å². The molecule has 0 saturated carbocycles. The highest BCUT2D eigenvalue weighted by molar-refractivity contribution is 7.90. The Kier molecular flexibility index (Phi) is 17.7. The van der Waals surface area contributed by atoms with Crippen LogP contribution in [0.15, 0.2) is 132 Å². The van der Waals surface area contributed by atoms with E-state index < -0.39 is 31.1 Å². The molecule has 0 spiro atoms. The van der Waals surface area contributed by atoms with E-state index in [0.717, 1.165) is 11.1 Å².